The zero-order valence-electron chi connectivity index (χ0n) is 11.3. The number of halogens is 2. The summed E-state index contributed by atoms with van der Waals surface area (Å²) >= 11 is 0. The highest BCUT2D eigenvalue weighted by atomic mass is 19.1. The summed E-state index contributed by atoms with van der Waals surface area (Å²) in [5.74, 6) is -1.03. The number of nitrogens with one attached hydrogen (secondary N) is 2. The van der Waals surface area contributed by atoms with E-state index in [1.165, 1.54) is 12.1 Å². The predicted molar refractivity (Wildman–Crippen MR) is 70.4 cm³/mol. The maximum absolute atomic E-state index is 13.3. The van der Waals surface area contributed by atoms with Crippen LogP contribution in [0.2, 0.25) is 0 Å². The van der Waals surface area contributed by atoms with Gasteiger partial charge in [0.05, 0.1) is 0 Å². The van der Waals surface area contributed by atoms with Crippen LogP contribution in [0, 0.1) is 11.6 Å². The van der Waals surface area contributed by atoms with Gasteiger partial charge in [-0.2, -0.15) is 0 Å². The summed E-state index contributed by atoms with van der Waals surface area (Å²) in [4.78, 5) is 0. The minimum Gasteiger partial charge on any atom is -0.313 e. The number of rotatable bonds is 6. The molecule has 0 bridgehead atoms. The molecule has 0 spiro atoms. The third-order valence-electron chi connectivity index (χ3n) is 2.52. The van der Waals surface area contributed by atoms with Crippen molar-refractivity contribution in [1.82, 2.24) is 10.6 Å². The summed E-state index contributed by atoms with van der Waals surface area (Å²) < 4.78 is 26.0. The van der Waals surface area contributed by atoms with Crippen LogP contribution in [0.25, 0.3) is 0 Å². The van der Waals surface area contributed by atoms with E-state index < -0.39 is 11.6 Å². The Hall–Kier alpha value is -1.00. The first-order valence-corrected chi connectivity index (χ1v) is 6.28. The third-order valence-corrected chi connectivity index (χ3v) is 2.52. The van der Waals surface area contributed by atoms with Gasteiger partial charge in [0.25, 0.3) is 0 Å². The Morgan fingerprint density at radius 2 is 1.83 bits per heavy atom. The molecule has 0 amide bonds. The molecule has 0 aliphatic rings. The molecule has 0 saturated heterocycles. The van der Waals surface area contributed by atoms with Crippen LogP contribution in [0.4, 0.5) is 8.78 Å². The molecule has 1 aromatic carbocycles. The van der Waals surface area contributed by atoms with Crippen molar-refractivity contribution in [2.45, 2.75) is 39.3 Å². The highest BCUT2D eigenvalue weighted by Gasteiger charge is 2.07. The molecule has 0 radical (unpaired) electrons. The van der Waals surface area contributed by atoms with Gasteiger partial charge in [-0.05, 0) is 46.3 Å². The predicted octanol–water partition coefficient (Wildman–Crippen LogP) is 2.83. The molecule has 0 atom stereocenters. The SMILES string of the molecule is CC(C)(C)NCCCNCc1ccc(F)cc1F. The second kappa shape index (κ2) is 6.81. The Kier molecular flexibility index (Phi) is 5.69. The fourth-order valence-electron chi connectivity index (χ4n) is 1.56. The minimum atomic E-state index is -0.536. The van der Waals surface area contributed by atoms with Crippen LogP contribution in [-0.2, 0) is 6.54 Å². The highest BCUT2D eigenvalue weighted by molar-refractivity contribution is 5.18. The molecule has 102 valence electrons. The Morgan fingerprint density at radius 3 is 2.44 bits per heavy atom. The molecular weight excluding hydrogens is 234 g/mol. The van der Waals surface area contributed by atoms with E-state index in [1.807, 2.05) is 0 Å². The molecule has 18 heavy (non-hydrogen) atoms. The summed E-state index contributed by atoms with van der Waals surface area (Å²) in [6, 6.07) is 3.67. The molecule has 0 aliphatic carbocycles. The Bertz CT molecular complexity index is 373. The third kappa shape index (κ3) is 6.07. The smallest absolute Gasteiger partial charge is 0.130 e. The second-order valence-corrected chi connectivity index (χ2v) is 5.44. The fourth-order valence-corrected chi connectivity index (χ4v) is 1.56. The fraction of sp³-hybridized carbons (Fsp3) is 0.571. The van der Waals surface area contributed by atoms with Crippen LogP contribution in [0.3, 0.4) is 0 Å². The zero-order chi connectivity index (χ0) is 13.6. The van der Waals surface area contributed by atoms with Crippen LogP contribution in [0.5, 0.6) is 0 Å². The topological polar surface area (TPSA) is 24.1 Å². The molecule has 1 aromatic rings. The zero-order valence-corrected chi connectivity index (χ0v) is 11.3. The van der Waals surface area contributed by atoms with Gasteiger partial charge in [-0.25, -0.2) is 8.78 Å². The summed E-state index contributed by atoms with van der Waals surface area (Å²) in [5, 5.41) is 6.52. The normalized spacial score (nSPS) is 11.8. The standard InChI is InChI=1S/C14H22F2N2/c1-14(2,3)18-8-4-7-17-10-11-5-6-12(15)9-13(11)16/h5-6,9,17-18H,4,7-8,10H2,1-3H3. The van der Waals surface area contributed by atoms with Gasteiger partial charge >= 0.3 is 0 Å². The molecule has 1 rings (SSSR count). The molecular formula is C14H22F2N2. The summed E-state index contributed by atoms with van der Waals surface area (Å²) in [6.45, 7) is 8.51. The van der Waals surface area contributed by atoms with Crippen molar-refractivity contribution < 1.29 is 8.78 Å². The molecule has 0 aromatic heterocycles. The lowest BCUT2D eigenvalue weighted by Gasteiger charge is -2.20. The van der Waals surface area contributed by atoms with E-state index in [0.717, 1.165) is 25.6 Å². The lowest BCUT2D eigenvalue weighted by molar-refractivity contribution is 0.418. The minimum absolute atomic E-state index is 0.128. The van der Waals surface area contributed by atoms with E-state index in [4.69, 9.17) is 0 Å². The van der Waals surface area contributed by atoms with Gasteiger partial charge in [-0.1, -0.05) is 6.07 Å². The van der Waals surface area contributed by atoms with Gasteiger partial charge in [-0.3, -0.25) is 0 Å². The molecule has 0 heterocycles. The molecule has 0 saturated carbocycles. The van der Waals surface area contributed by atoms with Crippen molar-refractivity contribution in [1.29, 1.82) is 0 Å². The van der Waals surface area contributed by atoms with E-state index >= 15 is 0 Å². The van der Waals surface area contributed by atoms with Crippen LogP contribution in [0.15, 0.2) is 18.2 Å². The van der Waals surface area contributed by atoms with Crippen molar-refractivity contribution in [3.63, 3.8) is 0 Å². The van der Waals surface area contributed by atoms with Crippen LogP contribution >= 0.6 is 0 Å². The lowest BCUT2D eigenvalue weighted by Crippen LogP contribution is -2.37. The summed E-state index contributed by atoms with van der Waals surface area (Å²) in [7, 11) is 0. The van der Waals surface area contributed by atoms with Crippen molar-refractivity contribution in [3.05, 3.63) is 35.4 Å². The van der Waals surface area contributed by atoms with Crippen LogP contribution < -0.4 is 10.6 Å². The van der Waals surface area contributed by atoms with E-state index in [2.05, 4.69) is 31.4 Å². The molecule has 0 aliphatic heterocycles. The van der Waals surface area contributed by atoms with Gasteiger partial charge in [0.15, 0.2) is 0 Å². The summed E-state index contributed by atoms with van der Waals surface area (Å²) in [5.41, 5.74) is 0.628. The van der Waals surface area contributed by atoms with Crippen molar-refractivity contribution in [2.75, 3.05) is 13.1 Å². The van der Waals surface area contributed by atoms with Crippen molar-refractivity contribution >= 4 is 0 Å². The highest BCUT2D eigenvalue weighted by Crippen LogP contribution is 2.08. The van der Waals surface area contributed by atoms with E-state index in [1.54, 1.807) is 0 Å². The number of hydrogen-bond donors (Lipinski definition) is 2. The Balaban J connectivity index is 2.18. The van der Waals surface area contributed by atoms with Gasteiger partial charge in [0.2, 0.25) is 0 Å². The first-order chi connectivity index (χ1) is 8.38. The van der Waals surface area contributed by atoms with Gasteiger partial charge in [-0.15, -0.1) is 0 Å². The number of benzene rings is 1. The Morgan fingerprint density at radius 1 is 1.11 bits per heavy atom. The van der Waals surface area contributed by atoms with Crippen LogP contribution in [-0.4, -0.2) is 18.6 Å². The molecule has 0 fully saturated rings. The molecule has 4 heteroatoms. The lowest BCUT2D eigenvalue weighted by atomic mass is 10.1. The average molecular weight is 256 g/mol. The number of hydrogen-bond acceptors (Lipinski definition) is 2. The van der Waals surface area contributed by atoms with Crippen molar-refractivity contribution in [2.24, 2.45) is 0 Å². The second-order valence-electron chi connectivity index (χ2n) is 5.44. The molecule has 0 unspecified atom stereocenters. The molecule has 2 nitrogen and oxygen atoms in total. The van der Waals surface area contributed by atoms with E-state index in [9.17, 15) is 8.78 Å². The van der Waals surface area contributed by atoms with E-state index in [-0.39, 0.29) is 5.54 Å². The Labute approximate surface area is 108 Å². The van der Waals surface area contributed by atoms with Crippen LogP contribution in [0.1, 0.15) is 32.8 Å². The van der Waals surface area contributed by atoms with Gasteiger partial charge < -0.3 is 10.6 Å². The monoisotopic (exact) mass is 256 g/mol. The molecule has 2 N–H and O–H groups in total. The van der Waals surface area contributed by atoms with Gasteiger partial charge in [0.1, 0.15) is 11.6 Å². The quantitative estimate of drug-likeness (QED) is 0.765. The first kappa shape index (κ1) is 15.1. The summed E-state index contributed by atoms with van der Waals surface area (Å²) in [6.07, 6.45) is 0.972. The maximum atomic E-state index is 13.3. The largest absolute Gasteiger partial charge is 0.313 e. The van der Waals surface area contributed by atoms with Gasteiger partial charge in [0, 0.05) is 23.7 Å². The van der Waals surface area contributed by atoms with E-state index in [0.29, 0.717) is 12.1 Å². The average Bonchev–Trinajstić information content (AvgIpc) is 2.24. The first-order valence-electron chi connectivity index (χ1n) is 6.28. The van der Waals surface area contributed by atoms with Crippen molar-refractivity contribution in [3.8, 4) is 0 Å². The maximum Gasteiger partial charge on any atom is 0.130 e.